The third kappa shape index (κ3) is 4.33. The van der Waals surface area contributed by atoms with Gasteiger partial charge in [0.2, 0.25) is 5.89 Å². The minimum Gasteiger partial charge on any atom is -0.339 e. The molecule has 0 spiro atoms. The van der Waals surface area contributed by atoms with Gasteiger partial charge in [-0.1, -0.05) is 35.0 Å². The van der Waals surface area contributed by atoms with Crippen molar-refractivity contribution in [3.05, 3.63) is 46.6 Å². The number of nitrogens with zero attached hydrogens (tertiary/aromatic N) is 2. The van der Waals surface area contributed by atoms with E-state index in [1.54, 1.807) is 6.07 Å². The van der Waals surface area contributed by atoms with Crippen LogP contribution in [-0.2, 0) is 22.7 Å². The van der Waals surface area contributed by atoms with E-state index in [2.05, 4.69) is 10.1 Å². The third-order valence-electron chi connectivity index (χ3n) is 2.50. The Hall–Kier alpha value is -1.40. The largest absolute Gasteiger partial charge is 0.339 e. The smallest absolute Gasteiger partial charge is 0.227 e. The van der Waals surface area contributed by atoms with Crippen molar-refractivity contribution in [3.8, 4) is 0 Å². The molecule has 0 radical (unpaired) electrons. The third-order valence-corrected chi connectivity index (χ3v) is 3.82. The maximum Gasteiger partial charge on any atom is 0.227 e. The molecule has 0 atom stereocenters. The fourth-order valence-corrected chi connectivity index (χ4v) is 2.30. The molecule has 1 aromatic heterocycles. The topological polar surface area (TPSA) is 73.1 Å². The predicted octanol–water partition coefficient (Wildman–Crippen LogP) is 1.90. The molecular formula is C12H13ClN2O3S. The average molecular weight is 301 g/mol. The summed E-state index contributed by atoms with van der Waals surface area (Å²) in [6.07, 6.45) is 1.87. The first kappa shape index (κ1) is 14.0. The van der Waals surface area contributed by atoms with Crippen molar-refractivity contribution in [2.45, 2.75) is 12.8 Å². The molecular weight excluding hydrogens is 288 g/mol. The van der Waals surface area contributed by atoms with Crippen molar-refractivity contribution in [2.24, 2.45) is 0 Å². The standard InChI is InChI=1S/C12H13ClN2O3S/c1-19(16,17)7-6-12-14-11(15-18-12)8-9-4-2-3-5-10(9)13/h2-5H,6-8H2,1H3. The van der Waals surface area contributed by atoms with Crippen LogP contribution >= 0.6 is 11.6 Å². The predicted molar refractivity (Wildman–Crippen MR) is 72.0 cm³/mol. The van der Waals surface area contributed by atoms with Gasteiger partial charge in [-0.2, -0.15) is 4.98 Å². The fourth-order valence-electron chi connectivity index (χ4n) is 1.55. The molecule has 19 heavy (non-hydrogen) atoms. The molecule has 0 amide bonds. The summed E-state index contributed by atoms with van der Waals surface area (Å²) in [7, 11) is -3.03. The van der Waals surface area contributed by atoms with E-state index in [-0.39, 0.29) is 12.2 Å². The zero-order valence-electron chi connectivity index (χ0n) is 10.3. The Labute approximate surface area is 116 Å². The highest BCUT2D eigenvalue weighted by Crippen LogP contribution is 2.17. The van der Waals surface area contributed by atoms with E-state index >= 15 is 0 Å². The molecule has 0 bridgehead atoms. The number of hydrogen-bond acceptors (Lipinski definition) is 5. The van der Waals surface area contributed by atoms with Gasteiger partial charge in [-0.25, -0.2) is 8.42 Å². The molecule has 0 fully saturated rings. The van der Waals surface area contributed by atoms with Gasteiger partial charge in [-0.05, 0) is 11.6 Å². The van der Waals surface area contributed by atoms with Crippen LogP contribution < -0.4 is 0 Å². The van der Waals surface area contributed by atoms with E-state index < -0.39 is 9.84 Å². The van der Waals surface area contributed by atoms with E-state index in [0.29, 0.717) is 23.2 Å². The van der Waals surface area contributed by atoms with Gasteiger partial charge in [0.15, 0.2) is 5.82 Å². The minimum atomic E-state index is -3.03. The van der Waals surface area contributed by atoms with E-state index in [4.69, 9.17) is 16.1 Å². The first-order valence-electron chi connectivity index (χ1n) is 5.66. The maximum atomic E-state index is 11.0. The highest BCUT2D eigenvalue weighted by Gasteiger charge is 2.11. The second kappa shape index (κ2) is 5.71. The highest BCUT2D eigenvalue weighted by molar-refractivity contribution is 7.90. The van der Waals surface area contributed by atoms with Crippen LogP contribution in [0.1, 0.15) is 17.3 Å². The van der Waals surface area contributed by atoms with Crippen LogP contribution in [0.2, 0.25) is 5.02 Å². The average Bonchev–Trinajstić information content (AvgIpc) is 2.77. The number of hydrogen-bond donors (Lipinski definition) is 0. The van der Waals surface area contributed by atoms with E-state index in [1.165, 1.54) is 6.26 Å². The van der Waals surface area contributed by atoms with Gasteiger partial charge in [-0.3, -0.25) is 0 Å². The summed E-state index contributed by atoms with van der Waals surface area (Å²) in [4.78, 5) is 4.15. The summed E-state index contributed by atoms with van der Waals surface area (Å²) < 4.78 is 27.1. The van der Waals surface area contributed by atoms with Gasteiger partial charge in [0.25, 0.3) is 0 Å². The molecule has 1 heterocycles. The molecule has 0 saturated carbocycles. The number of aryl methyl sites for hydroxylation is 1. The summed E-state index contributed by atoms with van der Waals surface area (Å²) in [6.45, 7) is 0. The lowest BCUT2D eigenvalue weighted by Crippen LogP contribution is -2.06. The Bertz CT molecular complexity index is 667. The van der Waals surface area contributed by atoms with Crippen molar-refractivity contribution < 1.29 is 12.9 Å². The van der Waals surface area contributed by atoms with E-state index in [9.17, 15) is 8.42 Å². The molecule has 0 saturated heterocycles. The maximum absolute atomic E-state index is 11.0. The molecule has 0 aliphatic heterocycles. The first-order chi connectivity index (χ1) is 8.94. The summed E-state index contributed by atoms with van der Waals surface area (Å²) in [6, 6.07) is 7.40. The lowest BCUT2D eigenvalue weighted by atomic mass is 10.1. The van der Waals surface area contributed by atoms with Gasteiger partial charge in [-0.15, -0.1) is 0 Å². The van der Waals surface area contributed by atoms with Crippen LogP contribution in [0.4, 0.5) is 0 Å². The molecule has 0 aliphatic carbocycles. The lowest BCUT2D eigenvalue weighted by molar-refractivity contribution is 0.377. The summed E-state index contributed by atoms with van der Waals surface area (Å²) in [5.41, 5.74) is 0.902. The van der Waals surface area contributed by atoms with Crippen LogP contribution in [0, 0.1) is 0 Å². The quantitative estimate of drug-likeness (QED) is 0.843. The van der Waals surface area contributed by atoms with Crippen LogP contribution in [-0.4, -0.2) is 30.6 Å². The lowest BCUT2D eigenvalue weighted by Gasteiger charge is -1.98. The molecule has 2 rings (SSSR count). The summed E-state index contributed by atoms with van der Waals surface area (Å²) >= 11 is 6.04. The second-order valence-corrected chi connectivity index (χ2v) is 6.92. The number of halogens is 1. The minimum absolute atomic E-state index is 0.000721. The molecule has 5 nitrogen and oxygen atoms in total. The van der Waals surface area contributed by atoms with Crippen molar-refractivity contribution in [1.82, 2.24) is 10.1 Å². The van der Waals surface area contributed by atoms with Gasteiger partial charge >= 0.3 is 0 Å². The van der Waals surface area contributed by atoms with Crippen LogP contribution in [0.25, 0.3) is 0 Å². The molecule has 0 aliphatic rings. The zero-order valence-corrected chi connectivity index (χ0v) is 11.9. The SMILES string of the molecule is CS(=O)(=O)CCc1nc(Cc2ccccc2Cl)no1. The second-order valence-electron chi connectivity index (χ2n) is 4.25. The van der Waals surface area contributed by atoms with Gasteiger partial charge < -0.3 is 4.52 Å². The Morgan fingerprint density at radius 3 is 2.74 bits per heavy atom. The summed E-state index contributed by atoms with van der Waals surface area (Å²) in [5.74, 6) is 0.824. The molecule has 0 N–H and O–H groups in total. The van der Waals surface area contributed by atoms with Crippen LogP contribution in [0.15, 0.2) is 28.8 Å². The monoisotopic (exact) mass is 300 g/mol. The van der Waals surface area contributed by atoms with Crippen molar-refractivity contribution in [3.63, 3.8) is 0 Å². The van der Waals surface area contributed by atoms with Gasteiger partial charge in [0.1, 0.15) is 9.84 Å². The number of aromatic nitrogens is 2. The van der Waals surface area contributed by atoms with Crippen molar-refractivity contribution in [1.29, 1.82) is 0 Å². The van der Waals surface area contributed by atoms with E-state index in [1.807, 2.05) is 18.2 Å². The summed E-state index contributed by atoms with van der Waals surface area (Å²) in [5, 5.41) is 4.46. The molecule has 102 valence electrons. The normalized spacial score (nSPS) is 11.7. The van der Waals surface area contributed by atoms with Gasteiger partial charge in [0, 0.05) is 24.1 Å². The Morgan fingerprint density at radius 1 is 1.32 bits per heavy atom. The first-order valence-corrected chi connectivity index (χ1v) is 8.10. The number of benzene rings is 1. The molecule has 0 unspecified atom stereocenters. The Morgan fingerprint density at radius 2 is 2.05 bits per heavy atom. The number of rotatable bonds is 5. The molecule has 7 heteroatoms. The fraction of sp³-hybridized carbons (Fsp3) is 0.333. The van der Waals surface area contributed by atoms with Crippen LogP contribution in [0.3, 0.4) is 0 Å². The van der Waals surface area contributed by atoms with E-state index in [0.717, 1.165) is 5.56 Å². The Kier molecular flexibility index (Phi) is 4.21. The van der Waals surface area contributed by atoms with Crippen molar-refractivity contribution in [2.75, 3.05) is 12.0 Å². The van der Waals surface area contributed by atoms with Gasteiger partial charge in [0.05, 0.1) is 5.75 Å². The van der Waals surface area contributed by atoms with Crippen LogP contribution in [0.5, 0.6) is 0 Å². The molecule has 1 aromatic carbocycles. The zero-order chi connectivity index (χ0) is 13.9. The Balaban J connectivity index is 2.04. The molecule has 2 aromatic rings. The number of sulfone groups is 1. The van der Waals surface area contributed by atoms with Crippen molar-refractivity contribution >= 4 is 21.4 Å². The highest BCUT2D eigenvalue weighted by atomic mass is 35.5.